The predicted octanol–water partition coefficient (Wildman–Crippen LogP) is 2.11. The first-order chi connectivity index (χ1) is 7.66. The molecule has 1 aliphatic carbocycles. The number of allylic oxidation sites excluding steroid dienone is 1. The predicted molar refractivity (Wildman–Crippen MR) is 65.8 cm³/mol. The minimum absolute atomic E-state index is 0.639. The molecule has 0 unspecified atom stereocenters. The Bertz CT molecular complexity index is 309. The molecule has 0 atom stereocenters. The molecule has 1 saturated heterocycles. The van der Waals surface area contributed by atoms with Crippen molar-refractivity contribution in [2.24, 2.45) is 0 Å². The lowest BCUT2D eigenvalue weighted by atomic mass is 10.2. The average Bonchev–Trinajstić information content (AvgIpc) is 2.65. The maximum Gasteiger partial charge on any atom is 0.407 e. The van der Waals surface area contributed by atoms with Crippen LogP contribution in [0.1, 0.15) is 19.3 Å². The Morgan fingerprint density at radius 2 is 1.94 bits per heavy atom. The molecule has 1 fully saturated rings. The number of nitrogens with zero attached hydrogens (tertiary/aromatic N) is 2. The first-order valence-corrected chi connectivity index (χ1v) is 6.53. The van der Waals surface area contributed by atoms with E-state index in [2.05, 4.69) is 20.8 Å². The minimum Gasteiger partial charge on any atom is -0.465 e. The van der Waals surface area contributed by atoms with Gasteiger partial charge < -0.3 is 10.0 Å². The topological polar surface area (TPSA) is 43.8 Å². The molecule has 1 aliphatic heterocycles. The molecule has 5 heteroatoms. The zero-order chi connectivity index (χ0) is 11.5. The number of amides is 1. The first-order valence-electron chi connectivity index (χ1n) is 5.73. The van der Waals surface area contributed by atoms with Gasteiger partial charge in [-0.25, -0.2) is 4.79 Å². The lowest BCUT2D eigenvalue weighted by Gasteiger charge is -2.33. The van der Waals surface area contributed by atoms with Crippen LogP contribution in [-0.4, -0.2) is 53.7 Å². The zero-order valence-corrected chi connectivity index (χ0v) is 10.9. The fourth-order valence-electron chi connectivity index (χ4n) is 2.30. The third-order valence-corrected chi connectivity index (χ3v) is 4.27. The molecular weight excluding hydrogens is 272 g/mol. The van der Waals surface area contributed by atoms with Gasteiger partial charge in [-0.3, -0.25) is 4.90 Å². The van der Waals surface area contributed by atoms with Crippen LogP contribution in [0.25, 0.3) is 0 Å². The van der Waals surface area contributed by atoms with Crippen LogP contribution in [0, 0.1) is 0 Å². The van der Waals surface area contributed by atoms with E-state index in [0.29, 0.717) is 13.1 Å². The number of carbonyl (C=O) groups is 1. The molecule has 0 radical (unpaired) electrons. The van der Waals surface area contributed by atoms with Crippen molar-refractivity contribution in [3.8, 4) is 0 Å². The van der Waals surface area contributed by atoms with Gasteiger partial charge >= 0.3 is 6.09 Å². The van der Waals surface area contributed by atoms with Gasteiger partial charge in [0.25, 0.3) is 0 Å². The number of piperazine rings is 1. The molecule has 0 spiro atoms. The van der Waals surface area contributed by atoms with Crippen LogP contribution in [0.4, 0.5) is 4.79 Å². The van der Waals surface area contributed by atoms with E-state index in [1.54, 1.807) is 0 Å². The van der Waals surface area contributed by atoms with Crippen molar-refractivity contribution >= 4 is 22.0 Å². The highest BCUT2D eigenvalue weighted by Crippen LogP contribution is 2.30. The van der Waals surface area contributed by atoms with Crippen LogP contribution >= 0.6 is 15.9 Å². The minimum atomic E-state index is -0.791. The molecule has 0 bridgehead atoms. The SMILES string of the molecule is O=C(O)N1CCN(CC2=C(Br)CCC2)CC1. The Morgan fingerprint density at radius 3 is 2.44 bits per heavy atom. The fraction of sp³-hybridized carbons (Fsp3) is 0.727. The Morgan fingerprint density at radius 1 is 1.25 bits per heavy atom. The average molecular weight is 289 g/mol. The van der Waals surface area contributed by atoms with Crippen LogP contribution in [0.2, 0.25) is 0 Å². The number of hydrogen-bond acceptors (Lipinski definition) is 2. The molecular formula is C11H17BrN2O2. The molecule has 0 aromatic heterocycles. The van der Waals surface area contributed by atoms with Gasteiger partial charge in [-0.05, 0) is 29.3 Å². The number of carboxylic acid groups (broad SMARTS) is 1. The molecule has 0 saturated carbocycles. The molecule has 90 valence electrons. The summed E-state index contributed by atoms with van der Waals surface area (Å²) in [5.74, 6) is 0. The summed E-state index contributed by atoms with van der Waals surface area (Å²) < 4.78 is 1.37. The van der Waals surface area contributed by atoms with E-state index in [1.165, 1.54) is 34.2 Å². The van der Waals surface area contributed by atoms with Gasteiger partial charge in [0, 0.05) is 32.7 Å². The summed E-state index contributed by atoms with van der Waals surface area (Å²) in [6, 6.07) is 0. The van der Waals surface area contributed by atoms with Crippen molar-refractivity contribution < 1.29 is 9.90 Å². The van der Waals surface area contributed by atoms with E-state index in [1.807, 2.05) is 0 Å². The lowest BCUT2D eigenvalue weighted by Crippen LogP contribution is -2.48. The lowest BCUT2D eigenvalue weighted by molar-refractivity contribution is 0.109. The molecule has 1 heterocycles. The van der Waals surface area contributed by atoms with Crippen molar-refractivity contribution in [1.82, 2.24) is 9.80 Å². The Labute approximate surface area is 104 Å². The standard InChI is InChI=1S/C11H17BrN2O2/c12-10-3-1-2-9(10)8-13-4-6-14(7-5-13)11(15)16/h1-8H2,(H,15,16). The van der Waals surface area contributed by atoms with Gasteiger partial charge in [-0.15, -0.1) is 0 Å². The molecule has 4 nitrogen and oxygen atoms in total. The molecule has 16 heavy (non-hydrogen) atoms. The van der Waals surface area contributed by atoms with Crippen molar-refractivity contribution in [2.45, 2.75) is 19.3 Å². The van der Waals surface area contributed by atoms with Gasteiger partial charge in [0.2, 0.25) is 0 Å². The van der Waals surface area contributed by atoms with E-state index in [0.717, 1.165) is 19.6 Å². The Kier molecular flexibility index (Phi) is 3.86. The summed E-state index contributed by atoms with van der Waals surface area (Å²) in [4.78, 5) is 14.6. The highest BCUT2D eigenvalue weighted by Gasteiger charge is 2.22. The molecule has 2 rings (SSSR count). The second-order valence-corrected chi connectivity index (χ2v) is 5.37. The quantitative estimate of drug-likeness (QED) is 0.846. The second-order valence-electron chi connectivity index (χ2n) is 4.41. The summed E-state index contributed by atoms with van der Waals surface area (Å²) in [5, 5.41) is 8.84. The smallest absolute Gasteiger partial charge is 0.407 e. The Hall–Kier alpha value is -0.550. The van der Waals surface area contributed by atoms with Crippen molar-refractivity contribution in [2.75, 3.05) is 32.7 Å². The third kappa shape index (κ3) is 2.77. The monoisotopic (exact) mass is 288 g/mol. The van der Waals surface area contributed by atoms with Gasteiger partial charge in [-0.2, -0.15) is 0 Å². The largest absolute Gasteiger partial charge is 0.465 e. The third-order valence-electron chi connectivity index (χ3n) is 3.32. The normalized spacial score (nSPS) is 22.9. The van der Waals surface area contributed by atoms with Gasteiger partial charge in [0.05, 0.1) is 0 Å². The van der Waals surface area contributed by atoms with E-state index in [4.69, 9.17) is 5.11 Å². The van der Waals surface area contributed by atoms with Crippen molar-refractivity contribution in [3.05, 3.63) is 10.1 Å². The van der Waals surface area contributed by atoms with Gasteiger partial charge in [0.15, 0.2) is 0 Å². The fourth-order valence-corrected chi connectivity index (χ4v) is 2.91. The van der Waals surface area contributed by atoms with Crippen LogP contribution in [0.3, 0.4) is 0 Å². The first kappa shape index (κ1) is 11.9. The van der Waals surface area contributed by atoms with Crippen LogP contribution in [0.15, 0.2) is 10.1 Å². The van der Waals surface area contributed by atoms with Crippen LogP contribution in [0.5, 0.6) is 0 Å². The molecule has 1 amide bonds. The second kappa shape index (κ2) is 5.19. The number of rotatable bonds is 2. The zero-order valence-electron chi connectivity index (χ0n) is 9.28. The molecule has 2 aliphatic rings. The van der Waals surface area contributed by atoms with Crippen molar-refractivity contribution in [1.29, 1.82) is 0 Å². The van der Waals surface area contributed by atoms with Crippen molar-refractivity contribution in [3.63, 3.8) is 0 Å². The summed E-state index contributed by atoms with van der Waals surface area (Å²) in [7, 11) is 0. The maximum atomic E-state index is 10.7. The van der Waals surface area contributed by atoms with Gasteiger partial charge in [-0.1, -0.05) is 15.9 Å². The van der Waals surface area contributed by atoms with E-state index < -0.39 is 6.09 Å². The summed E-state index contributed by atoms with van der Waals surface area (Å²) in [5.41, 5.74) is 1.50. The van der Waals surface area contributed by atoms with E-state index >= 15 is 0 Å². The van der Waals surface area contributed by atoms with E-state index in [-0.39, 0.29) is 0 Å². The van der Waals surface area contributed by atoms with Crippen LogP contribution in [-0.2, 0) is 0 Å². The van der Waals surface area contributed by atoms with Gasteiger partial charge in [0.1, 0.15) is 0 Å². The highest BCUT2D eigenvalue weighted by molar-refractivity contribution is 9.11. The highest BCUT2D eigenvalue weighted by atomic mass is 79.9. The molecule has 1 N–H and O–H groups in total. The maximum absolute atomic E-state index is 10.7. The number of halogens is 1. The van der Waals surface area contributed by atoms with Crippen LogP contribution < -0.4 is 0 Å². The summed E-state index contributed by atoms with van der Waals surface area (Å²) in [6.45, 7) is 4.00. The number of hydrogen-bond donors (Lipinski definition) is 1. The Balaban J connectivity index is 1.81. The van der Waals surface area contributed by atoms with E-state index in [9.17, 15) is 4.79 Å². The molecule has 0 aromatic carbocycles. The summed E-state index contributed by atoms with van der Waals surface area (Å²) in [6.07, 6.45) is 2.83. The molecule has 0 aromatic rings. The summed E-state index contributed by atoms with van der Waals surface area (Å²) >= 11 is 3.62.